The van der Waals surface area contributed by atoms with Crippen LogP contribution in [0.2, 0.25) is 0 Å². The van der Waals surface area contributed by atoms with E-state index < -0.39 is 71.1 Å². The third-order valence-electron chi connectivity index (χ3n) is 10.2. The van der Waals surface area contributed by atoms with Gasteiger partial charge in [0.1, 0.15) is 70.9 Å². The normalized spacial score (nSPS) is 29.2. The molecule has 54 heavy (non-hydrogen) atoms. The first-order chi connectivity index (χ1) is 25.6. The van der Waals surface area contributed by atoms with Crippen LogP contribution >= 0.6 is 11.8 Å². The van der Waals surface area contributed by atoms with Gasteiger partial charge in [-0.25, -0.2) is 18.0 Å². The average Bonchev–Trinajstić information content (AvgIpc) is 3.58. The average molecular weight is 775 g/mol. The van der Waals surface area contributed by atoms with E-state index in [4.69, 9.17) is 18.9 Å². The van der Waals surface area contributed by atoms with E-state index in [1.165, 1.54) is 17.8 Å². The van der Waals surface area contributed by atoms with Gasteiger partial charge in [-0.2, -0.15) is 0 Å². The number of aryl methyl sites for hydroxylation is 1. The second-order valence-electron chi connectivity index (χ2n) is 15.3. The standard InChI is InChI=1S/C40H49F3N2O8S/c1-21-14-31(43)23(16-28(21)37-34(47)33(46)35(48)38(52-37)54-5)15-22-6-9-26(10-7-22)51-27-12-13-45(19-27)25-18-32(44-39(49)53-40(2,3)4)36(50-20-25)29-17-24(41)8-11-30(29)42/h6-11,14,16-17,25,27,32-38,46-48H,12-13,15,18-20H2,1-5H3,(H,44,49)/t25-,27-,32+,33-,34-,35+,36-,37+,38-/m1/s1. The molecule has 4 N–H and O–H groups in total. The Balaban J connectivity index is 1.08. The van der Waals surface area contributed by atoms with Crippen molar-refractivity contribution >= 4 is 17.9 Å². The number of carbonyl (C=O) groups excluding carboxylic acids is 1. The van der Waals surface area contributed by atoms with Crippen molar-refractivity contribution in [3.63, 3.8) is 0 Å². The van der Waals surface area contributed by atoms with Crippen LogP contribution in [0, 0.1) is 24.4 Å². The van der Waals surface area contributed by atoms with Crippen molar-refractivity contribution in [2.45, 2.75) is 107 Å². The van der Waals surface area contributed by atoms with Gasteiger partial charge in [-0.1, -0.05) is 12.1 Å². The summed E-state index contributed by atoms with van der Waals surface area (Å²) in [7, 11) is 0. The first-order valence-corrected chi connectivity index (χ1v) is 19.5. The fourth-order valence-electron chi connectivity index (χ4n) is 7.46. The van der Waals surface area contributed by atoms with E-state index in [2.05, 4.69) is 10.2 Å². The van der Waals surface area contributed by atoms with Gasteiger partial charge in [0.2, 0.25) is 0 Å². The number of amides is 1. The zero-order chi connectivity index (χ0) is 38.9. The molecule has 3 aliphatic heterocycles. The molecule has 9 atom stereocenters. The summed E-state index contributed by atoms with van der Waals surface area (Å²) < 4.78 is 68.1. The van der Waals surface area contributed by atoms with Gasteiger partial charge in [0, 0.05) is 31.1 Å². The molecular weight excluding hydrogens is 726 g/mol. The summed E-state index contributed by atoms with van der Waals surface area (Å²) >= 11 is 1.22. The number of rotatable bonds is 9. The number of aliphatic hydroxyl groups excluding tert-OH is 3. The summed E-state index contributed by atoms with van der Waals surface area (Å²) in [6.07, 6.45) is -3.54. The summed E-state index contributed by atoms with van der Waals surface area (Å²) in [4.78, 5) is 15.0. The molecule has 10 nitrogen and oxygen atoms in total. The number of nitrogens with zero attached hydrogens (tertiary/aromatic N) is 1. The van der Waals surface area contributed by atoms with Crippen molar-refractivity contribution < 1.29 is 52.2 Å². The molecule has 3 saturated heterocycles. The smallest absolute Gasteiger partial charge is 0.407 e. The van der Waals surface area contributed by atoms with E-state index >= 15 is 4.39 Å². The predicted octanol–water partition coefficient (Wildman–Crippen LogP) is 5.72. The first kappa shape index (κ1) is 40.3. The number of alkyl carbamates (subject to hydrolysis) is 1. The minimum atomic E-state index is -1.41. The molecule has 0 aliphatic carbocycles. The first-order valence-electron chi connectivity index (χ1n) is 18.2. The van der Waals surface area contributed by atoms with Crippen molar-refractivity contribution in [1.29, 1.82) is 0 Å². The van der Waals surface area contributed by atoms with Crippen molar-refractivity contribution in [1.82, 2.24) is 10.2 Å². The Kier molecular flexibility index (Phi) is 12.5. The highest BCUT2D eigenvalue weighted by Crippen LogP contribution is 2.38. The molecule has 0 aromatic heterocycles. The molecule has 294 valence electrons. The van der Waals surface area contributed by atoms with Gasteiger partial charge < -0.3 is 39.6 Å². The molecule has 6 rings (SSSR count). The number of carbonyl (C=O) groups is 1. The zero-order valence-corrected chi connectivity index (χ0v) is 31.8. The number of benzene rings is 3. The fraction of sp³-hybridized carbons (Fsp3) is 0.525. The maximum Gasteiger partial charge on any atom is 0.407 e. The summed E-state index contributed by atoms with van der Waals surface area (Å²) in [5.41, 5.74) is 0.867. The van der Waals surface area contributed by atoms with Crippen molar-refractivity contribution in [3.05, 3.63) is 99.9 Å². The van der Waals surface area contributed by atoms with Crippen molar-refractivity contribution in [2.24, 2.45) is 0 Å². The Morgan fingerprint density at radius 3 is 2.41 bits per heavy atom. The number of ether oxygens (including phenoxy) is 4. The van der Waals surface area contributed by atoms with Crippen LogP contribution in [0.4, 0.5) is 18.0 Å². The lowest BCUT2D eigenvalue weighted by Gasteiger charge is -2.40. The summed E-state index contributed by atoms with van der Waals surface area (Å²) in [6.45, 7) is 8.49. The highest BCUT2D eigenvalue weighted by Gasteiger charge is 2.45. The second kappa shape index (κ2) is 16.8. The molecule has 3 aromatic carbocycles. The van der Waals surface area contributed by atoms with Crippen LogP contribution < -0.4 is 10.1 Å². The number of nitrogens with one attached hydrogen (secondary N) is 1. The van der Waals surface area contributed by atoms with Gasteiger partial charge in [-0.3, -0.25) is 4.90 Å². The monoisotopic (exact) mass is 774 g/mol. The van der Waals surface area contributed by atoms with Crippen LogP contribution in [0.5, 0.6) is 5.75 Å². The van der Waals surface area contributed by atoms with E-state index in [0.29, 0.717) is 42.0 Å². The van der Waals surface area contributed by atoms with E-state index in [1.54, 1.807) is 40.0 Å². The fourth-order valence-corrected chi connectivity index (χ4v) is 8.13. The lowest BCUT2D eigenvalue weighted by molar-refractivity contribution is -0.200. The number of hydrogen-bond donors (Lipinski definition) is 4. The van der Waals surface area contributed by atoms with Gasteiger partial charge in [0.15, 0.2) is 0 Å². The topological polar surface area (TPSA) is 130 Å². The molecule has 0 spiro atoms. The molecule has 14 heteroatoms. The molecule has 3 heterocycles. The number of thioether (sulfide) groups is 1. The zero-order valence-electron chi connectivity index (χ0n) is 31.0. The lowest BCUT2D eigenvalue weighted by Crippen LogP contribution is -2.53. The SMILES string of the molecule is CS[C@H]1O[C@@H](c2cc(Cc3ccc(O[C@@H]4CCN([C@H]5CO[C@H](c6cc(F)ccc6F)[C@@H](NC(=O)OC(C)(C)C)C5)C4)cc3)c(F)cc2C)[C@H](O)[C@@H](O)[C@@H]1O. The second-order valence-corrected chi connectivity index (χ2v) is 16.3. The lowest BCUT2D eigenvalue weighted by atomic mass is 9.89. The molecule has 3 aromatic rings. The molecule has 0 unspecified atom stereocenters. The van der Waals surface area contributed by atoms with Gasteiger partial charge in [0.25, 0.3) is 0 Å². The van der Waals surface area contributed by atoms with Gasteiger partial charge >= 0.3 is 6.09 Å². The van der Waals surface area contributed by atoms with E-state index in [1.807, 2.05) is 24.3 Å². The molecule has 0 bridgehead atoms. The largest absolute Gasteiger partial charge is 0.489 e. The Bertz CT molecular complexity index is 1780. The number of aliphatic hydroxyl groups is 3. The highest BCUT2D eigenvalue weighted by atomic mass is 32.2. The van der Waals surface area contributed by atoms with Gasteiger partial charge in [0.05, 0.1) is 12.6 Å². The maximum absolute atomic E-state index is 15.2. The number of halogens is 3. The Hall–Kier alpha value is -3.37. The van der Waals surface area contributed by atoms with E-state index in [-0.39, 0.29) is 30.7 Å². The van der Waals surface area contributed by atoms with Crippen LogP contribution in [0.25, 0.3) is 0 Å². The highest BCUT2D eigenvalue weighted by molar-refractivity contribution is 7.99. The quantitative estimate of drug-likeness (QED) is 0.214. The molecule has 3 aliphatic rings. The van der Waals surface area contributed by atoms with Crippen LogP contribution in [-0.2, 0) is 20.6 Å². The molecule has 1 amide bonds. The molecular formula is C40H49F3N2O8S. The Morgan fingerprint density at radius 2 is 1.70 bits per heavy atom. The minimum Gasteiger partial charge on any atom is -0.489 e. The summed E-state index contributed by atoms with van der Waals surface area (Å²) in [5, 5.41) is 34.3. The Labute approximate surface area is 317 Å². The molecule has 3 fully saturated rings. The minimum absolute atomic E-state index is 0.0352. The van der Waals surface area contributed by atoms with Crippen LogP contribution in [0.3, 0.4) is 0 Å². The molecule has 0 saturated carbocycles. The van der Waals surface area contributed by atoms with Gasteiger partial charge in [-0.15, -0.1) is 11.8 Å². The van der Waals surface area contributed by atoms with Crippen molar-refractivity contribution in [3.8, 4) is 5.75 Å². The maximum atomic E-state index is 15.2. The summed E-state index contributed by atoms with van der Waals surface area (Å²) in [6, 6.07) is 12.8. The van der Waals surface area contributed by atoms with Crippen LogP contribution in [-0.4, -0.2) is 99.8 Å². The Morgan fingerprint density at radius 1 is 0.963 bits per heavy atom. The van der Waals surface area contributed by atoms with E-state index in [0.717, 1.165) is 30.2 Å². The predicted molar refractivity (Wildman–Crippen MR) is 197 cm³/mol. The molecule has 0 radical (unpaired) electrons. The number of hydrogen-bond acceptors (Lipinski definition) is 10. The van der Waals surface area contributed by atoms with Gasteiger partial charge in [-0.05, 0) is 112 Å². The van der Waals surface area contributed by atoms with E-state index in [9.17, 15) is 28.9 Å². The van der Waals surface area contributed by atoms with Crippen LogP contribution in [0.1, 0.15) is 73.6 Å². The van der Waals surface area contributed by atoms with Crippen LogP contribution in [0.15, 0.2) is 54.6 Å². The third kappa shape index (κ3) is 9.35. The summed E-state index contributed by atoms with van der Waals surface area (Å²) in [5.74, 6) is -0.977. The number of likely N-dealkylation sites (tertiary alicyclic amines) is 1. The third-order valence-corrected chi connectivity index (χ3v) is 11.0. The van der Waals surface area contributed by atoms with Crippen molar-refractivity contribution in [2.75, 3.05) is 26.0 Å².